The van der Waals surface area contributed by atoms with Crippen molar-refractivity contribution >= 4 is 39.7 Å². The highest BCUT2D eigenvalue weighted by atomic mass is 32.1. The highest BCUT2D eigenvalue weighted by Crippen LogP contribution is 2.30. The molecule has 2 amide bonds. The molecule has 10 heteroatoms. The Hall–Kier alpha value is -5.22. The molecule has 0 saturated carbocycles. The number of hydrogen-bond acceptors (Lipinski definition) is 7. The van der Waals surface area contributed by atoms with Crippen molar-refractivity contribution in [2.75, 3.05) is 4.90 Å². The van der Waals surface area contributed by atoms with E-state index in [1.807, 2.05) is 109 Å². The zero-order valence-corrected chi connectivity index (χ0v) is 23.6. The Balaban J connectivity index is 1.40. The monoisotopic (exact) mass is 573 g/mol. The van der Waals surface area contributed by atoms with Crippen LogP contribution in [0.3, 0.4) is 0 Å². The smallest absolute Gasteiger partial charge is 0.251 e. The van der Waals surface area contributed by atoms with E-state index in [0.29, 0.717) is 23.6 Å². The summed E-state index contributed by atoms with van der Waals surface area (Å²) in [4.78, 5) is 36.4. The van der Waals surface area contributed by atoms with E-state index in [9.17, 15) is 9.59 Å². The molecule has 1 atom stereocenters. The summed E-state index contributed by atoms with van der Waals surface area (Å²) in [7, 11) is 0. The number of amides is 2. The highest BCUT2D eigenvalue weighted by molar-refractivity contribution is 7.13. The molecular weight excluding hydrogens is 546 g/mol. The minimum Gasteiger partial charge on any atom is -0.350 e. The summed E-state index contributed by atoms with van der Waals surface area (Å²) < 4.78 is 0. The summed E-state index contributed by atoms with van der Waals surface area (Å²) in [6, 6.07) is 29.6. The molecule has 0 aliphatic rings. The number of tetrazole rings is 1. The number of fused-ring (bicyclic) bond motifs is 1. The molecule has 0 bridgehead atoms. The van der Waals surface area contributed by atoms with Crippen LogP contribution in [0.5, 0.6) is 0 Å². The average Bonchev–Trinajstić information content (AvgIpc) is 3.72. The van der Waals surface area contributed by atoms with Crippen LogP contribution < -0.4 is 10.2 Å². The van der Waals surface area contributed by atoms with E-state index < -0.39 is 6.04 Å². The third-order valence-electron chi connectivity index (χ3n) is 6.80. The van der Waals surface area contributed by atoms with Gasteiger partial charge in [0.2, 0.25) is 11.7 Å². The van der Waals surface area contributed by atoms with Crippen LogP contribution in [-0.2, 0) is 22.7 Å². The lowest BCUT2D eigenvalue weighted by Gasteiger charge is -2.31. The van der Waals surface area contributed by atoms with Gasteiger partial charge >= 0.3 is 0 Å². The summed E-state index contributed by atoms with van der Waals surface area (Å²) in [6.45, 7) is 2.07. The molecule has 0 unspecified atom stereocenters. The minimum atomic E-state index is -0.981. The van der Waals surface area contributed by atoms with Gasteiger partial charge in [-0.05, 0) is 46.8 Å². The standard InChI is InChI=1S/C32H27N7O2S/c1-22-13-15-24(16-14-22)30(32(41)34-19-23-8-3-2-4-9-23)39(26-18-25-10-5-6-11-27(25)33-20-26)29(40)21-38-36-31(35-37-38)28-12-7-17-42-28/h2-18,20,30H,19,21H2,1H3,(H,34,41)/t30-/m0/s1. The molecule has 0 aliphatic carbocycles. The molecule has 3 heterocycles. The number of aromatic nitrogens is 5. The normalized spacial score (nSPS) is 11.7. The van der Waals surface area contributed by atoms with Crippen molar-refractivity contribution in [1.82, 2.24) is 30.5 Å². The fourth-order valence-electron chi connectivity index (χ4n) is 4.69. The average molecular weight is 574 g/mol. The van der Waals surface area contributed by atoms with Crippen LogP contribution in [0.25, 0.3) is 21.6 Å². The van der Waals surface area contributed by atoms with Crippen LogP contribution in [0.2, 0.25) is 0 Å². The fraction of sp³-hybridized carbons (Fsp3) is 0.125. The first kappa shape index (κ1) is 27.0. The Morgan fingerprint density at radius 1 is 0.952 bits per heavy atom. The molecule has 0 saturated heterocycles. The van der Waals surface area contributed by atoms with Crippen LogP contribution in [-0.4, -0.2) is 37.0 Å². The SMILES string of the molecule is Cc1ccc([C@@H](C(=O)NCc2ccccc2)N(C(=O)Cn2nnc(-c3cccs3)n2)c2cnc3ccccc3c2)cc1. The maximum atomic E-state index is 14.2. The van der Waals surface area contributed by atoms with Gasteiger partial charge in [-0.2, -0.15) is 4.80 Å². The predicted molar refractivity (Wildman–Crippen MR) is 163 cm³/mol. The van der Waals surface area contributed by atoms with Gasteiger partial charge in [0.05, 0.1) is 22.3 Å². The molecule has 0 aliphatic heterocycles. The van der Waals surface area contributed by atoms with Gasteiger partial charge in [-0.25, -0.2) is 0 Å². The number of carbonyl (C=O) groups is 2. The molecule has 6 aromatic rings. The molecule has 6 rings (SSSR count). The Bertz CT molecular complexity index is 1820. The molecular formula is C32H27N7O2S. The number of anilines is 1. The molecule has 42 heavy (non-hydrogen) atoms. The number of hydrogen-bond donors (Lipinski definition) is 1. The predicted octanol–water partition coefficient (Wildman–Crippen LogP) is 5.35. The summed E-state index contributed by atoms with van der Waals surface area (Å²) in [6.07, 6.45) is 1.62. The Kier molecular flexibility index (Phi) is 7.78. The summed E-state index contributed by atoms with van der Waals surface area (Å²) >= 11 is 1.49. The number of thiophene rings is 1. The van der Waals surface area contributed by atoms with Crippen molar-refractivity contribution in [1.29, 1.82) is 0 Å². The third kappa shape index (κ3) is 5.93. The first-order chi connectivity index (χ1) is 20.5. The largest absolute Gasteiger partial charge is 0.350 e. The Labute approximate surface area is 246 Å². The van der Waals surface area contributed by atoms with E-state index in [0.717, 1.165) is 26.9 Å². The van der Waals surface area contributed by atoms with E-state index in [2.05, 4.69) is 25.7 Å². The van der Waals surface area contributed by atoms with Crippen molar-refractivity contribution in [3.63, 3.8) is 0 Å². The molecule has 0 fully saturated rings. The van der Waals surface area contributed by atoms with Crippen molar-refractivity contribution in [2.24, 2.45) is 0 Å². The van der Waals surface area contributed by atoms with Crippen LogP contribution in [0, 0.1) is 6.92 Å². The first-order valence-corrected chi connectivity index (χ1v) is 14.3. The number of nitrogens with zero attached hydrogens (tertiary/aromatic N) is 6. The van der Waals surface area contributed by atoms with E-state index in [1.54, 1.807) is 6.20 Å². The minimum absolute atomic E-state index is 0.223. The Morgan fingerprint density at radius 2 is 1.74 bits per heavy atom. The van der Waals surface area contributed by atoms with Crippen LogP contribution in [0.15, 0.2) is 109 Å². The van der Waals surface area contributed by atoms with Gasteiger partial charge in [0, 0.05) is 11.9 Å². The van der Waals surface area contributed by atoms with Crippen molar-refractivity contribution < 1.29 is 9.59 Å². The lowest BCUT2D eigenvalue weighted by Crippen LogP contribution is -2.45. The van der Waals surface area contributed by atoms with Crippen LogP contribution in [0.4, 0.5) is 5.69 Å². The maximum absolute atomic E-state index is 14.2. The topological polar surface area (TPSA) is 106 Å². The highest BCUT2D eigenvalue weighted by Gasteiger charge is 2.33. The van der Waals surface area contributed by atoms with Gasteiger partial charge in [-0.3, -0.25) is 19.5 Å². The molecule has 9 nitrogen and oxygen atoms in total. The zero-order valence-electron chi connectivity index (χ0n) is 22.8. The number of pyridine rings is 1. The van der Waals surface area contributed by atoms with Gasteiger partial charge in [0.1, 0.15) is 12.6 Å². The number of para-hydroxylation sites is 1. The summed E-state index contributed by atoms with van der Waals surface area (Å²) in [5.74, 6) is -0.273. The molecule has 1 N–H and O–H groups in total. The van der Waals surface area contributed by atoms with E-state index in [-0.39, 0.29) is 18.4 Å². The van der Waals surface area contributed by atoms with Gasteiger partial charge in [0.25, 0.3) is 5.91 Å². The van der Waals surface area contributed by atoms with E-state index in [4.69, 9.17) is 0 Å². The molecule has 0 radical (unpaired) electrons. The van der Waals surface area contributed by atoms with E-state index in [1.165, 1.54) is 21.0 Å². The third-order valence-corrected chi connectivity index (χ3v) is 7.67. The maximum Gasteiger partial charge on any atom is 0.251 e. The lowest BCUT2D eigenvalue weighted by atomic mass is 10.0. The number of rotatable bonds is 9. The first-order valence-electron chi connectivity index (χ1n) is 13.4. The van der Waals surface area contributed by atoms with Gasteiger partial charge in [-0.15, -0.1) is 21.5 Å². The molecule has 0 spiro atoms. The van der Waals surface area contributed by atoms with Crippen LogP contribution >= 0.6 is 11.3 Å². The quantitative estimate of drug-likeness (QED) is 0.250. The zero-order chi connectivity index (χ0) is 28.9. The fourth-order valence-corrected chi connectivity index (χ4v) is 5.34. The van der Waals surface area contributed by atoms with Crippen LogP contribution in [0.1, 0.15) is 22.7 Å². The van der Waals surface area contributed by atoms with Crippen molar-refractivity contribution in [3.8, 4) is 10.7 Å². The van der Waals surface area contributed by atoms with Gasteiger partial charge in [0.15, 0.2) is 0 Å². The second kappa shape index (κ2) is 12.1. The Morgan fingerprint density at radius 3 is 2.52 bits per heavy atom. The molecule has 3 aromatic carbocycles. The summed E-state index contributed by atoms with van der Waals surface area (Å²) in [5.41, 5.74) is 3.93. The van der Waals surface area contributed by atoms with Crippen molar-refractivity contribution in [3.05, 3.63) is 125 Å². The van der Waals surface area contributed by atoms with Gasteiger partial charge < -0.3 is 5.32 Å². The molecule has 208 valence electrons. The van der Waals surface area contributed by atoms with Crippen molar-refractivity contribution in [2.45, 2.75) is 26.1 Å². The number of nitrogens with one attached hydrogen (secondary N) is 1. The number of benzene rings is 3. The second-order valence-electron chi connectivity index (χ2n) is 9.79. The van der Waals surface area contributed by atoms with E-state index >= 15 is 0 Å². The number of aryl methyl sites for hydroxylation is 1. The van der Waals surface area contributed by atoms with Gasteiger partial charge in [-0.1, -0.05) is 84.4 Å². The molecule has 3 aromatic heterocycles. The number of carbonyl (C=O) groups excluding carboxylic acids is 2. The lowest BCUT2D eigenvalue weighted by molar-refractivity contribution is -0.127. The summed E-state index contributed by atoms with van der Waals surface area (Å²) in [5, 5.41) is 18.5. The second-order valence-corrected chi connectivity index (χ2v) is 10.7.